The van der Waals surface area contributed by atoms with Crippen molar-refractivity contribution in [3.8, 4) is 0 Å². The lowest BCUT2D eigenvalue weighted by Gasteiger charge is -2.17. The highest BCUT2D eigenvalue weighted by Gasteiger charge is 2.27. The maximum absolute atomic E-state index is 12.3. The maximum Gasteiger partial charge on any atom is 0.268 e. The van der Waals surface area contributed by atoms with Crippen LogP contribution in [0.5, 0.6) is 0 Å². The Kier molecular flexibility index (Phi) is 3.46. The van der Waals surface area contributed by atoms with Crippen LogP contribution >= 0.6 is 0 Å². The molecular formula is C14H19N3O2. The van der Waals surface area contributed by atoms with Crippen molar-refractivity contribution in [3.63, 3.8) is 0 Å². The molecular weight excluding hydrogens is 242 g/mol. The first-order valence-corrected chi connectivity index (χ1v) is 6.30. The highest BCUT2D eigenvalue weighted by Crippen LogP contribution is 2.24. The fraction of sp³-hybridized carbons (Fsp3) is 0.429. The van der Waals surface area contributed by atoms with Crippen molar-refractivity contribution < 1.29 is 9.59 Å². The van der Waals surface area contributed by atoms with Crippen LogP contribution in [-0.4, -0.2) is 41.8 Å². The normalized spacial score (nSPS) is 14.4. The highest BCUT2D eigenvalue weighted by atomic mass is 16.2. The second-order valence-electron chi connectivity index (χ2n) is 4.99. The largest absolute Gasteiger partial charge is 0.383 e. The molecule has 0 unspecified atom stereocenters. The number of amides is 1. The lowest BCUT2D eigenvalue weighted by molar-refractivity contribution is 0.0926. The van der Waals surface area contributed by atoms with Crippen LogP contribution < -0.4 is 5.32 Å². The van der Waals surface area contributed by atoms with E-state index in [2.05, 4.69) is 5.32 Å². The molecule has 0 aromatic carbocycles. The van der Waals surface area contributed by atoms with Gasteiger partial charge in [0.1, 0.15) is 5.69 Å². The molecule has 5 nitrogen and oxygen atoms in total. The van der Waals surface area contributed by atoms with Crippen LogP contribution in [-0.2, 0) is 6.54 Å². The number of rotatable bonds is 3. The predicted octanol–water partition coefficient (Wildman–Crippen LogP) is 1.11. The molecule has 0 saturated carbocycles. The predicted molar refractivity (Wildman–Crippen MR) is 73.4 cm³/mol. The summed E-state index contributed by atoms with van der Waals surface area (Å²) in [7, 11) is 3.73. The van der Waals surface area contributed by atoms with Crippen molar-refractivity contribution in [1.82, 2.24) is 14.8 Å². The summed E-state index contributed by atoms with van der Waals surface area (Å²) in [4.78, 5) is 26.0. The molecule has 1 N–H and O–H groups in total. The molecule has 0 bridgehead atoms. The Hall–Kier alpha value is -2.04. The minimum Gasteiger partial charge on any atom is -0.383 e. The second kappa shape index (κ2) is 4.91. The first-order valence-electron chi connectivity index (χ1n) is 6.30. The number of carbonyl (C=O) groups excluding carboxylic acids is 2. The Morgan fingerprint density at radius 2 is 2.05 bits per heavy atom. The van der Waals surface area contributed by atoms with Gasteiger partial charge in [0.25, 0.3) is 5.91 Å². The number of hydrogen-bond donors (Lipinski definition) is 1. The van der Waals surface area contributed by atoms with Gasteiger partial charge in [-0.15, -0.1) is 0 Å². The molecule has 1 aromatic rings. The smallest absolute Gasteiger partial charge is 0.268 e. The Labute approximate surface area is 112 Å². The summed E-state index contributed by atoms with van der Waals surface area (Å²) >= 11 is 0. The number of ketones is 1. The molecule has 0 saturated heterocycles. The van der Waals surface area contributed by atoms with E-state index in [4.69, 9.17) is 0 Å². The molecule has 19 heavy (non-hydrogen) atoms. The van der Waals surface area contributed by atoms with Crippen molar-refractivity contribution in [1.29, 1.82) is 0 Å². The van der Waals surface area contributed by atoms with E-state index in [9.17, 15) is 9.59 Å². The average molecular weight is 261 g/mol. The quantitative estimate of drug-likeness (QED) is 0.655. The van der Waals surface area contributed by atoms with Crippen LogP contribution in [0, 0.1) is 13.8 Å². The average Bonchev–Trinajstić information content (AvgIpc) is 2.60. The van der Waals surface area contributed by atoms with Gasteiger partial charge in [-0.05, 0) is 19.4 Å². The van der Waals surface area contributed by atoms with Gasteiger partial charge < -0.3 is 14.8 Å². The molecule has 0 fully saturated rings. The van der Waals surface area contributed by atoms with E-state index in [1.165, 1.54) is 0 Å². The number of carbonyl (C=O) groups is 2. The summed E-state index contributed by atoms with van der Waals surface area (Å²) in [6, 6.07) is 0. The fourth-order valence-corrected chi connectivity index (χ4v) is 2.50. The third-order valence-electron chi connectivity index (χ3n) is 3.37. The molecule has 5 heteroatoms. The Morgan fingerprint density at radius 1 is 1.37 bits per heavy atom. The van der Waals surface area contributed by atoms with Gasteiger partial charge in [0.05, 0.1) is 0 Å². The monoisotopic (exact) mass is 261 g/mol. The van der Waals surface area contributed by atoms with Crippen LogP contribution in [0.25, 0.3) is 0 Å². The summed E-state index contributed by atoms with van der Waals surface area (Å²) in [5, 5.41) is 2.81. The van der Waals surface area contributed by atoms with Gasteiger partial charge >= 0.3 is 0 Å². The van der Waals surface area contributed by atoms with Gasteiger partial charge in [-0.1, -0.05) is 0 Å². The molecule has 1 aliphatic heterocycles. The molecule has 2 heterocycles. The summed E-state index contributed by atoms with van der Waals surface area (Å²) in [6.45, 7) is 5.06. The second-order valence-corrected chi connectivity index (χ2v) is 4.99. The Morgan fingerprint density at radius 3 is 2.63 bits per heavy atom. The van der Waals surface area contributed by atoms with Crippen LogP contribution in [0.2, 0.25) is 0 Å². The molecule has 0 radical (unpaired) electrons. The number of hydrogen-bond acceptors (Lipinski definition) is 3. The van der Waals surface area contributed by atoms with Gasteiger partial charge in [0.15, 0.2) is 5.78 Å². The molecule has 0 atom stereocenters. The van der Waals surface area contributed by atoms with Crippen LogP contribution in [0.1, 0.15) is 32.1 Å². The van der Waals surface area contributed by atoms with Crippen molar-refractivity contribution in [2.45, 2.75) is 20.4 Å². The minimum atomic E-state index is -0.0949. The molecule has 2 rings (SSSR count). The van der Waals surface area contributed by atoms with Gasteiger partial charge in [-0.2, -0.15) is 0 Å². The summed E-state index contributed by atoms with van der Waals surface area (Å²) < 4.78 is 1.94. The van der Waals surface area contributed by atoms with Crippen molar-refractivity contribution >= 4 is 11.7 Å². The zero-order valence-corrected chi connectivity index (χ0v) is 11.8. The topological polar surface area (TPSA) is 54.3 Å². The fourth-order valence-electron chi connectivity index (χ4n) is 2.50. The Balaban J connectivity index is 2.48. The van der Waals surface area contributed by atoms with E-state index in [0.29, 0.717) is 17.8 Å². The van der Waals surface area contributed by atoms with Crippen molar-refractivity contribution in [2.24, 2.45) is 0 Å². The van der Waals surface area contributed by atoms with Gasteiger partial charge in [0, 0.05) is 50.7 Å². The van der Waals surface area contributed by atoms with Crippen LogP contribution in [0.3, 0.4) is 0 Å². The first kappa shape index (κ1) is 13.4. The number of fused-ring (bicyclic) bond motifs is 1. The Bertz CT molecular complexity index is 568. The number of nitrogens with zero attached hydrogens (tertiary/aromatic N) is 2. The molecule has 102 valence electrons. The van der Waals surface area contributed by atoms with E-state index in [1.54, 1.807) is 12.3 Å². The summed E-state index contributed by atoms with van der Waals surface area (Å²) in [6.07, 6.45) is 3.26. The molecule has 1 aliphatic rings. The lowest BCUT2D eigenvalue weighted by atomic mass is 10.1. The van der Waals surface area contributed by atoms with Gasteiger partial charge in [-0.25, -0.2) is 0 Å². The lowest BCUT2D eigenvalue weighted by Crippen LogP contribution is -2.35. The van der Waals surface area contributed by atoms with E-state index in [0.717, 1.165) is 17.8 Å². The SMILES string of the molecule is Cc1c(C(=O)C=CN(C)C)c(C)n2c1C(=O)NCC2. The van der Waals surface area contributed by atoms with E-state index >= 15 is 0 Å². The minimum absolute atomic E-state index is 0.0570. The van der Waals surface area contributed by atoms with Crippen molar-refractivity contribution in [2.75, 3.05) is 20.6 Å². The zero-order valence-electron chi connectivity index (χ0n) is 11.8. The maximum atomic E-state index is 12.3. The third kappa shape index (κ3) is 2.28. The van der Waals surface area contributed by atoms with E-state index in [1.807, 2.05) is 37.4 Å². The number of nitrogens with one attached hydrogen (secondary N) is 1. The van der Waals surface area contributed by atoms with Gasteiger partial charge in [0.2, 0.25) is 0 Å². The van der Waals surface area contributed by atoms with Gasteiger partial charge in [-0.3, -0.25) is 9.59 Å². The molecule has 0 spiro atoms. The molecule has 1 amide bonds. The number of allylic oxidation sites excluding steroid dienone is 1. The van der Waals surface area contributed by atoms with Crippen LogP contribution in [0.15, 0.2) is 12.3 Å². The first-order chi connectivity index (χ1) is 8.93. The molecule has 1 aromatic heterocycles. The zero-order chi connectivity index (χ0) is 14.2. The van der Waals surface area contributed by atoms with Crippen LogP contribution in [0.4, 0.5) is 0 Å². The highest BCUT2D eigenvalue weighted by molar-refractivity contribution is 6.09. The standard InChI is InChI=1S/C14H19N3O2/c1-9-12(11(18)5-7-16(3)4)10(2)17-8-6-15-14(19)13(9)17/h5,7H,6,8H2,1-4H3,(H,15,19). The van der Waals surface area contributed by atoms with Crippen molar-refractivity contribution in [3.05, 3.63) is 34.8 Å². The summed E-state index contributed by atoms with van der Waals surface area (Å²) in [5.74, 6) is -0.152. The summed E-state index contributed by atoms with van der Waals surface area (Å²) in [5.41, 5.74) is 2.90. The third-order valence-corrected chi connectivity index (χ3v) is 3.37. The number of aromatic nitrogens is 1. The molecule has 0 aliphatic carbocycles. The van der Waals surface area contributed by atoms with E-state index < -0.39 is 0 Å². The van der Waals surface area contributed by atoms with E-state index in [-0.39, 0.29) is 11.7 Å².